The molecule has 1 aromatic heterocycles. The van der Waals surface area contributed by atoms with Crippen LogP contribution >= 0.6 is 0 Å². The SMILES string of the molecule is CCCCCCCCCCCCCCCCCC[n+]1ccn(Cc2ccccc2)c1CCCCC. The molecule has 2 rings (SSSR count). The smallest absolute Gasteiger partial charge is 0.234 e. The van der Waals surface area contributed by atoms with Crippen molar-refractivity contribution < 1.29 is 4.57 Å². The average molecular weight is 482 g/mol. The van der Waals surface area contributed by atoms with Crippen LogP contribution in [0.2, 0.25) is 0 Å². The first-order valence-corrected chi connectivity index (χ1v) is 15.5. The summed E-state index contributed by atoms with van der Waals surface area (Å²) in [5.41, 5.74) is 1.40. The molecule has 0 unspecified atom stereocenters. The number of nitrogens with zero attached hydrogens (tertiary/aromatic N) is 2. The molecule has 2 nitrogen and oxygen atoms in total. The summed E-state index contributed by atoms with van der Waals surface area (Å²) in [6, 6.07) is 10.9. The van der Waals surface area contributed by atoms with Gasteiger partial charge in [-0.2, -0.15) is 0 Å². The fraction of sp³-hybridized carbons (Fsp3) is 0.727. The molecule has 35 heavy (non-hydrogen) atoms. The summed E-state index contributed by atoms with van der Waals surface area (Å²) in [4.78, 5) is 0. The van der Waals surface area contributed by atoms with Crippen LogP contribution in [-0.4, -0.2) is 4.57 Å². The molecule has 0 fully saturated rings. The first-order chi connectivity index (χ1) is 17.3. The van der Waals surface area contributed by atoms with Crippen LogP contribution in [0.3, 0.4) is 0 Å². The predicted molar refractivity (Wildman–Crippen MR) is 153 cm³/mol. The summed E-state index contributed by atoms with van der Waals surface area (Å²) in [7, 11) is 0. The summed E-state index contributed by atoms with van der Waals surface area (Å²) in [5, 5.41) is 0. The maximum Gasteiger partial charge on any atom is 0.256 e. The molecule has 0 aliphatic heterocycles. The zero-order valence-corrected chi connectivity index (χ0v) is 23.5. The van der Waals surface area contributed by atoms with E-state index in [2.05, 4.69) is 65.7 Å². The molecular formula is C33H57N2+. The number of imidazole rings is 1. The molecule has 0 N–H and O–H groups in total. The van der Waals surface area contributed by atoms with Gasteiger partial charge >= 0.3 is 0 Å². The van der Waals surface area contributed by atoms with E-state index < -0.39 is 0 Å². The van der Waals surface area contributed by atoms with Crippen molar-refractivity contribution in [2.75, 3.05) is 0 Å². The van der Waals surface area contributed by atoms with Crippen LogP contribution in [0.5, 0.6) is 0 Å². The van der Waals surface area contributed by atoms with Crippen molar-refractivity contribution in [1.82, 2.24) is 4.57 Å². The van der Waals surface area contributed by atoms with Crippen LogP contribution in [0, 0.1) is 0 Å². The lowest BCUT2D eigenvalue weighted by molar-refractivity contribution is -0.704. The second-order valence-corrected chi connectivity index (χ2v) is 10.8. The van der Waals surface area contributed by atoms with Crippen molar-refractivity contribution in [2.45, 2.75) is 155 Å². The Balaban J connectivity index is 1.54. The van der Waals surface area contributed by atoms with E-state index in [4.69, 9.17) is 0 Å². The Bertz CT molecular complexity index is 718. The average Bonchev–Trinajstić information content (AvgIpc) is 3.25. The standard InChI is InChI=1S/C33H57N2/c1-3-5-7-8-9-10-11-12-13-14-15-16-17-18-19-24-28-34-29-30-35(33(34)27-21-6-4-2)31-32-25-22-20-23-26-32/h20,22-23,25-26,29-30H,3-19,21,24,27-28,31H2,1-2H3/q+1. The molecule has 0 atom stereocenters. The Morgan fingerprint density at radius 1 is 0.571 bits per heavy atom. The van der Waals surface area contributed by atoms with Crippen molar-refractivity contribution >= 4 is 0 Å². The van der Waals surface area contributed by atoms with Crippen LogP contribution in [0.15, 0.2) is 42.7 Å². The van der Waals surface area contributed by atoms with Gasteiger partial charge in [0, 0.05) is 6.42 Å². The highest BCUT2D eigenvalue weighted by molar-refractivity contribution is 5.15. The minimum Gasteiger partial charge on any atom is -0.234 e. The second-order valence-electron chi connectivity index (χ2n) is 10.8. The van der Waals surface area contributed by atoms with Crippen LogP contribution < -0.4 is 4.57 Å². The zero-order chi connectivity index (χ0) is 24.8. The molecule has 2 aromatic rings. The number of hydrogen-bond donors (Lipinski definition) is 0. The molecule has 0 spiro atoms. The number of aryl methyl sites for hydroxylation is 1. The summed E-state index contributed by atoms with van der Waals surface area (Å²) in [6.07, 6.45) is 32.7. The maximum atomic E-state index is 2.54. The van der Waals surface area contributed by atoms with E-state index >= 15 is 0 Å². The number of hydrogen-bond acceptors (Lipinski definition) is 0. The van der Waals surface area contributed by atoms with Crippen molar-refractivity contribution in [3.05, 3.63) is 54.1 Å². The van der Waals surface area contributed by atoms with Crippen LogP contribution in [0.4, 0.5) is 0 Å². The van der Waals surface area contributed by atoms with Gasteiger partial charge in [0.2, 0.25) is 0 Å². The number of unbranched alkanes of at least 4 members (excludes halogenated alkanes) is 17. The monoisotopic (exact) mass is 481 g/mol. The Kier molecular flexibility index (Phi) is 17.5. The normalized spacial score (nSPS) is 11.4. The lowest BCUT2D eigenvalue weighted by atomic mass is 10.0. The maximum absolute atomic E-state index is 2.54. The van der Waals surface area contributed by atoms with E-state index in [-0.39, 0.29) is 0 Å². The van der Waals surface area contributed by atoms with Gasteiger partial charge < -0.3 is 0 Å². The van der Waals surface area contributed by atoms with Gasteiger partial charge in [-0.3, -0.25) is 0 Å². The molecule has 0 bridgehead atoms. The number of aromatic nitrogens is 2. The van der Waals surface area contributed by atoms with Crippen LogP contribution in [-0.2, 0) is 19.5 Å². The third-order valence-electron chi connectivity index (χ3n) is 7.54. The molecule has 2 heteroatoms. The number of rotatable bonds is 23. The van der Waals surface area contributed by atoms with Gasteiger partial charge in [0.25, 0.3) is 5.82 Å². The second kappa shape index (κ2) is 20.6. The molecule has 0 amide bonds. The van der Waals surface area contributed by atoms with Gasteiger partial charge in [0.15, 0.2) is 0 Å². The van der Waals surface area contributed by atoms with E-state index in [0.29, 0.717) is 0 Å². The van der Waals surface area contributed by atoms with Crippen molar-refractivity contribution in [2.24, 2.45) is 0 Å². The predicted octanol–water partition coefficient (Wildman–Crippen LogP) is 9.82. The number of benzene rings is 1. The fourth-order valence-electron chi connectivity index (χ4n) is 5.28. The Hall–Kier alpha value is -1.57. The van der Waals surface area contributed by atoms with Crippen molar-refractivity contribution in [3.8, 4) is 0 Å². The highest BCUT2D eigenvalue weighted by atomic mass is 15.1. The van der Waals surface area contributed by atoms with Gasteiger partial charge in [-0.05, 0) is 24.8 Å². The van der Waals surface area contributed by atoms with Gasteiger partial charge in [-0.25, -0.2) is 9.13 Å². The molecule has 1 aromatic carbocycles. The third kappa shape index (κ3) is 13.9. The largest absolute Gasteiger partial charge is 0.256 e. The first-order valence-electron chi connectivity index (χ1n) is 15.5. The molecule has 0 saturated heterocycles. The molecule has 1 heterocycles. The van der Waals surface area contributed by atoms with Crippen LogP contribution in [0.1, 0.15) is 147 Å². The summed E-state index contributed by atoms with van der Waals surface area (Å²) < 4.78 is 5.03. The first kappa shape index (κ1) is 29.7. The van der Waals surface area contributed by atoms with Crippen molar-refractivity contribution in [1.29, 1.82) is 0 Å². The lowest BCUT2D eigenvalue weighted by Crippen LogP contribution is -2.37. The topological polar surface area (TPSA) is 8.81 Å². The van der Waals surface area contributed by atoms with Gasteiger partial charge in [0.05, 0.1) is 6.54 Å². The highest BCUT2D eigenvalue weighted by Crippen LogP contribution is 2.14. The van der Waals surface area contributed by atoms with Gasteiger partial charge in [0.1, 0.15) is 18.9 Å². The van der Waals surface area contributed by atoms with E-state index in [0.717, 1.165) is 6.54 Å². The Labute approximate surface area is 218 Å². The lowest BCUT2D eigenvalue weighted by Gasteiger charge is -2.06. The molecule has 0 aliphatic rings. The molecular weight excluding hydrogens is 424 g/mol. The molecule has 0 saturated carbocycles. The van der Waals surface area contributed by atoms with E-state index in [1.165, 1.54) is 146 Å². The summed E-state index contributed by atoms with van der Waals surface area (Å²) >= 11 is 0. The molecule has 198 valence electrons. The van der Waals surface area contributed by atoms with Gasteiger partial charge in [-0.15, -0.1) is 0 Å². The summed E-state index contributed by atoms with van der Waals surface area (Å²) in [6.45, 7) is 6.78. The third-order valence-corrected chi connectivity index (χ3v) is 7.54. The highest BCUT2D eigenvalue weighted by Gasteiger charge is 2.16. The summed E-state index contributed by atoms with van der Waals surface area (Å²) in [5.74, 6) is 1.52. The Morgan fingerprint density at radius 2 is 1.06 bits per heavy atom. The molecule has 0 aliphatic carbocycles. The minimum atomic E-state index is 0.994. The van der Waals surface area contributed by atoms with Gasteiger partial charge in [-0.1, -0.05) is 147 Å². The van der Waals surface area contributed by atoms with E-state index in [1.807, 2.05) is 0 Å². The van der Waals surface area contributed by atoms with Crippen molar-refractivity contribution in [3.63, 3.8) is 0 Å². The molecule has 0 radical (unpaired) electrons. The zero-order valence-electron chi connectivity index (χ0n) is 23.5. The van der Waals surface area contributed by atoms with E-state index in [1.54, 1.807) is 0 Å². The quantitative estimate of drug-likeness (QED) is 0.110. The van der Waals surface area contributed by atoms with E-state index in [9.17, 15) is 0 Å². The Morgan fingerprint density at radius 3 is 1.60 bits per heavy atom. The van der Waals surface area contributed by atoms with Crippen LogP contribution in [0.25, 0.3) is 0 Å². The fourth-order valence-corrected chi connectivity index (χ4v) is 5.28. The minimum absolute atomic E-state index is 0.994.